The van der Waals surface area contributed by atoms with Crippen molar-refractivity contribution in [2.45, 2.75) is 30.4 Å². The number of nitriles is 1. The predicted molar refractivity (Wildman–Crippen MR) is 56.7 cm³/mol. The molecule has 0 heterocycles. The van der Waals surface area contributed by atoms with E-state index in [-0.39, 0.29) is 5.56 Å². The lowest BCUT2D eigenvalue weighted by atomic mass is 10.2. The Kier molecular flexibility index (Phi) is 3.97. The van der Waals surface area contributed by atoms with Crippen LogP contribution in [0.15, 0.2) is 23.1 Å². The maximum atomic E-state index is 13.2. The first-order valence-electron chi connectivity index (χ1n) is 4.54. The summed E-state index contributed by atoms with van der Waals surface area (Å²) in [5.74, 6) is -0.430. The van der Waals surface area contributed by atoms with Gasteiger partial charge in [0.25, 0.3) is 0 Å². The van der Waals surface area contributed by atoms with Gasteiger partial charge in [0.1, 0.15) is 17.4 Å². The van der Waals surface area contributed by atoms with Crippen molar-refractivity contribution in [3.05, 3.63) is 29.6 Å². The van der Waals surface area contributed by atoms with Gasteiger partial charge in [-0.25, -0.2) is 4.39 Å². The highest BCUT2D eigenvalue weighted by Gasteiger charge is 2.10. The predicted octanol–water partition coefficient (Wildman–Crippen LogP) is 3.59. The first kappa shape index (κ1) is 11.1. The summed E-state index contributed by atoms with van der Waals surface area (Å²) in [4.78, 5) is 0.738. The Balaban J connectivity index is 2.98. The zero-order valence-electron chi connectivity index (χ0n) is 8.25. The third-order valence-corrected chi connectivity index (χ3v) is 3.32. The topological polar surface area (TPSA) is 23.8 Å². The molecule has 14 heavy (non-hydrogen) atoms. The first-order valence-corrected chi connectivity index (χ1v) is 5.42. The largest absolute Gasteiger partial charge is 0.206 e. The van der Waals surface area contributed by atoms with Gasteiger partial charge < -0.3 is 0 Å². The molecule has 0 bridgehead atoms. The summed E-state index contributed by atoms with van der Waals surface area (Å²) in [5.41, 5.74) is 0.165. The average Bonchev–Trinajstić information content (AvgIpc) is 2.18. The summed E-state index contributed by atoms with van der Waals surface area (Å²) in [7, 11) is 0. The van der Waals surface area contributed by atoms with Crippen LogP contribution in [0.2, 0.25) is 0 Å². The van der Waals surface area contributed by atoms with E-state index >= 15 is 0 Å². The number of halogens is 1. The van der Waals surface area contributed by atoms with E-state index in [1.165, 1.54) is 6.07 Å². The van der Waals surface area contributed by atoms with Crippen molar-refractivity contribution >= 4 is 11.8 Å². The molecule has 1 aromatic rings. The molecule has 0 saturated carbocycles. The smallest absolute Gasteiger partial charge is 0.142 e. The lowest BCUT2D eigenvalue weighted by Gasteiger charge is -2.09. The number of hydrogen-bond acceptors (Lipinski definition) is 2. The Bertz CT molecular complexity index is 357. The van der Waals surface area contributed by atoms with Gasteiger partial charge in [-0.3, -0.25) is 0 Å². The Labute approximate surface area is 87.9 Å². The minimum Gasteiger partial charge on any atom is -0.206 e. The van der Waals surface area contributed by atoms with Crippen LogP contribution < -0.4 is 0 Å². The second kappa shape index (κ2) is 5.02. The fourth-order valence-electron chi connectivity index (χ4n) is 1.01. The summed E-state index contributed by atoms with van der Waals surface area (Å²) in [6.45, 7) is 4.14. The van der Waals surface area contributed by atoms with E-state index in [1.807, 2.05) is 6.07 Å². The molecular weight excluding hydrogens is 197 g/mol. The molecule has 0 spiro atoms. The van der Waals surface area contributed by atoms with E-state index < -0.39 is 5.82 Å². The molecule has 1 unspecified atom stereocenters. The summed E-state index contributed by atoms with van der Waals surface area (Å²) in [6, 6.07) is 6.65. The van der Waals surface area contributed by atoms with Gasteiger partial charge in [0.2, 0.25) is 0 Å². The van der Waals surface area contributed by atoms with Gasteiger partial charge in [-0.05, 0) is 18.6 Å². The van der Waals surface area contributed by atoms with Gasteiger partial charge in [-0.15, -0.1) is 11.8 Å². The average molecular weight is 209 g/mol. The van der Waals surface area contributed by atoms with E-state index in [0.717, 1.165) is 11.3 Å². The number of benzene rings is 1. The van der Waals surface area contributed by atoms with Crippen molar-refractivity contribution in [1.82, 2.24) is 0 Å². The van der Waals surface area contributed by atoms with Gasteiger partial charge in [0.05, 0.1) is 0 Å². The second-order valence-electron chi connectivity index (χ2n) is 3.06. The van der Waals surface area contributed by atoms with Gasteiger partial charge in [0.15, 0.2) is 0 Å². The van der Waals surface area contributed by atoms with Crippen molar-refractivity contribution in [3.63, 3.8) is 0 Å². The van der Waals surface area contributed by atoms with Gasteiger partial charge in [-0.1, -0.05) is 19.9 Å². The number of rotatable bonds is 3. The van der Waals surface area contributed by atoms with E-state index in [2.05, 4.69) is 13.8 Å². The van der Waals surface area contributed by atoms with Crippen LogP contribution in [0.1, 0.15) is 25.8 Å². The molecule has 0 aliphatic rings. The number of hydrogen-bond donors (Lipinski definition) is 0. The molecule has 0 N–H and O–H groups in total. The minimum atomic E-state index is -0.430. The standard InChI is InChI=1S/C11H12FNS/c1-3-8(2)14-11-6-4-5-10(12)9(11)7-13/h4-6,8H,3H2,1-2H3. The second-order valence-corrected chi connectivity index (χ2v) is 4.54. The monoisotopic (exact) mass is 209 g/mol. The van der Waals surface area contributed by atoms with Gasteiger partial charge >= 0.3 is 0 Å². The maximum absolute atomic E-state index is 13.2. The molecule has 3 heteroatoms. The molecule has 0 amide bonds. The highest BCUT2D eigenvalue weighted by molar-refractivity contribution is 8.00. The minimum absolute atomic E-state index is 0.165. The third-order valence-electron chi connectivity index (χ3n) is 1.99. The van der Waals surface area contributed by atoms with Crippen LogP contribution in [0, 0.1) is 17.1 Å². The van der Waals surface area contributed by atoms with Crippen molar-refractivity contribution in [3.8, 4) is 6.07 Å². The Morgan fingerprint density at radius 3 is 2.86 bits per heavy atom. The number of nitrogens with zero attached hydrogens (tertiary/aromatic N) is 1. The summed E-state index contributed by atoms with van der Waals surface area (Å²) >= 11 is 1.55. The molecule has 0 saturated heterocycles. The van der Waals surface area contributed by atoms with Crippen LogP contribution in [0.25, 0.3) is 0 Å². The highest BCUT2D eigenvalue weighted by atomic mass is 32.2. The van der Waals surface area contributed by atoms with Crippen molar-refractivity contribution in [2.75, 3.05) is 0 Å². The van der Waals surface area contributed by atoms with Crippen LogP contribution in [0.4, 0.5) is 4.39 Å². The maximum Gasteiger partial charge on any atom is 0.142 e. The Morgan fingerprint density at radius 1 is 1.57 bits per heavy atom. The quantitative estimate of drug-likeness (QED) is 0.710. The van der Waals surface area contributed by atoms with Crippen LogP contribution in [0.3, 0.4) is 0 Å². The van der Waals surface area contributed by atoms with Crippen LogP contribution >= 0.6 is 11.8 Å². The van der Waals surface area contributed by atoms with Crippen molar-refractivity contribution in [2.24, 2.45) is 0 Å². The van der Waals surface area contributed by atoms with Gasteiger partial charge in [0, 0.05) is 10.1 Å². The molecule has 0 aliphatic carbocycles. The van der Waals surface area contributed by atoms with Crippen LogP contribution in [0.5, 0.6) is 0 Å². The Morgan fingerprint density at radius 2 is 2.29 bits per heavy atom. The summed E-state index contributed by atoms with van der Waals surface area (Å²) in [5, 5.41) is 9.19. The normalized spacial score (nSPS) is 12.1. The van der Waals surface area contributed by atoms with E-state index in [9.17, 15) is 4.39 Å². The lowest BCUT2D eigenvalue weighted by molar-refractivity contribution is 0.619. The highest BCUT2D eigenvalue weighted by Crippen LogP contribution is 2.29. The van der Waals surface area contributed by atoms with Crippen molar-refractivity contribution in [1.29, 1.82) is 5.26 Å². The van der Waals surface area contributed by atoms with E-state index in [1.54, 1.807) is 23.9 Å². The molecule has 1 rings (SSSR count). The van der Waals surface area contributed by atoms with E-state index in [0.29, 0.717) is 5.25 Å². The molecule has 0 radical (unpaired) electrons. The molecule has 0 aliphatic heterocycles. The molecule has 0 fully saturated rings. The Hall–Kier alpha value is -1.01. The fraction of sp³-hybridized carbons (Fsp3) is 0.364. The molecule has 74 valence electrons. The molecule has 1 atom stereocenters. The molecule has 1 aromatic carbocycles. The SMILES string of the molecule is CCC(C)Sc1cccc(F)c1C#N. The summed E-state index contributed by atoms with van der Waals surface area (Å²) < 4.78 is 13.2. The lowest BCUT2D eigenvalue weighted by Crippen LogP contribution is -1.95. The van der Waals surface area contributed by atoms with Crippen molar-refractivity contribution < 1.29 is 4.39 Å². The third kappa shape index (κ3) is 2.49. The zero-order valence-corrected chi connectivity index (χ0v) is 9.07. The zero-order chi connectivity index (χ0) is 10.6. The molecule has 1 nitrogen and oxygen atoms in total. The molecule has 0 aromatic heterocycles. The summed E-state index contributed by atoms with van der Waals surface area (Å²) in [6.07, 6.45) is 1.01. The van der Waals surface area contributed by atoms with E-state index in [4.69, 9.17) is 5.26 Å². The van der Waals surface area contributed by atoms with Crippen LogP contribution in [-0.4, -0.2) is 5.25 Å². The number of thioether (sulfide) groups is 1. The van der Waals surface area contributed by atoms with Gasteiger partial charge in [-0.2, -0.15) is 5.26 Å². The molecular formula is C11H12FNS. The first-order chi connectivity index (χ1) is 6.69. The van der Waals surface area contributed by atoms with Crippen LogP contribution in [-0.2, 0) is 0 Å². The fourth-order valence-corrected chi connectivity index (χ4v) is 2.03.